The van der Waals surface area contributed by atoms with Crippen LogP contribution in [-0.2, 0) is 9.59 Å². The second-order valence-corrected chi connectivity index (χ2v) is 16.8. The summed E-state index contributed by atoms with van der Waals surface area (Å²) < 4.78 is 43.1. The van der Waals surface area contributed by atoms with Crippen molar-refractivity contribution in [1.29, 1.82) is 0 Å². The predicted octanol–water partition coefficient (Wildman–Crippen LogP) is 7.07. The third-order valence-electron chi connectivity index (χ3n) is 12.1. The van der Waals surface area contributed by atoms with Gasteiger partial charge >= 0.3 is 0 Å². The van der Waals surface area contributed by atoms with Crippen LogP contribution in [0.4, 0.5) is 21.5 Å². The Bertz CT molecular complexity index is 2730. The van der Waals surface area contributed by atoms with Gasteiger partial charge in [-0.05, 0) is 71.5 Å². The van der Waals surface area contributed by atoms with Gasteiger partial charge in [0.2, 0.25) is 11.8 Å². The first-order valence-electron chi connectivity index (χ1n) is 21.9. The number of benzene rings is 4. The van der Waals surface area contributed by atoms with Crippen molar-refractivity contribution in [2.75, 3.05) is 39.9 Å². The molecule has 0 radical (unpaired) electrons. The van der Waals surface area contributed by atoms with E-state index in [1.165, 1.54) is 27.4 Å². The van der Waals surface area contributed by atoms with Crippen LogP contribution in [-0.4, -0.2) is 105 Å². The number of rotatable bonds is 16. The molecule has 0 fully saturated rings. The van der Waals surface area contributed by atoms with E-state index in [2.05, 4.69) is 15.6 Å². The Morgan fingerprint density at radius 1 is 0.701 bits per heavy atom. The van der Waals surface area contributed by atoms with E-state index in [9.17, 15) is 23.6 Å². The Morgan fingerprint density at radius 2 is 1.21 bits per heavy atom. The molecular weight excluding hydrogens is 862 g/mol. The summed E-state index contributed by atoms with van der Waals surface area (Å²) in [7, 11) is 4.41. The molecule has 4 aromatic rings. The zero-order valence-corrected chi connectivity index (χ0v) is 38.0. The summed E-state index contributed by atoms with van der Waals surface area (Å²) in [6.45, 7) is 5.76. The lowest BCUT2D eigenvalue weighted by Crippen LogP contribution is -2.50. The fourth-order valence-corrected chi connectivity index (χ4v) is 8.13. The number of halogens is 1. The van der Waals surface area contributed by atoms with Crippen LogP contribution >= 0.6 is 0 Å². The number of hydrogen-bond donors (Lipinski definition) is 3. The number of nitrogens with one attached hydrogen (secondary N) is 2. The van der Waals surface area contributed by atoms with Gasteiger partial charge in [0, 0.05) is 61.9 Å². The van der Waals surface area contributed by atoms with E-state index in [1.807, 2.05) is 32.2 Å². The first-order chi connectivity index (χ1) is 32.3. The van der Waals surface area contributed by atoms with Gasteiger partial charge in [-0.1, -0.05) is 32.0 Å². The summed E-state index contributed by atoms with van der Waals surface area (Å²) in [5.41, 5.74) is 11.3. The topological polar surface area (TPSA) is 196 Å². The smallest absolute Gasteiger partial charge is 0.260 e. The average Bonchev–Trinajstić information content (AvgIpc) is 3.91. The van der Waals surface area contributed by atoms with Crippen molar-refractivity contribution in [2.24, 2.45) is 21.6 Å². The van der Waals surface area contributed by atoms with Gasteiger partial charge < -0.3 is 49.9 Å². The molecule has 0 aliphatic carbocycles. The predicted molar refractivity (Wildman–Crippen MR) is 251 cm³/mol. The summed E-state index contributed by atoms with van der Waals surface area (Å²) >= 11 is 0. The number of fused-ring (bicyclic) bond motifs is 4. The number of nitrogens with zero attached hydrogens (tertiary/aromatic N) is 4. The van der Waals surface area contributed by atoms with E-state index in [0.29, 0.717) is 76.0 Å². The minimum absolute atomic E-state index is 0.0647. The zero-order chi connectivity index (χ0) is 47.5. The van der Waals surface area contributed by atoms with Crippen molar-refractivity contribution in [3.05, 3.63) is 107 Å². The molecule has 4 amide bonds. The first kappa shape index (κ1) is 46.0. The van der Waals surface area contributed by atoms with E-state index in [-0.39, 0.29) is 60.6 Å². The van der Waals surface area contributed by atoms with Gasteiger partial charge in [-0.3, -0.25) is 29.2 Å². The highest BCUT2D eigenvalue weighted by molar-refractivity contribution is 6.06. The van der Waals surface area contributed by atoms with E-state index in [4.69, 9.17) is 34.4 Å². The fourth-order valence-electron chi connectivity index (χ4n) is 8.13. The molecule has 4 aliphatic heterocycles. The van der Waals surface area contributed by atoms with Crippen molar-refractivity contribution in [3.8, 4) is 28.7 Å². The lowest BCUT2D eigenvalue weighted by molar-refractivity contribution is -0.127. The number of carbonyl (C=O) groups excluding carboxylic acids is 4. The molecule has 67 heavy (non-hydrogen) atoms. The SMILES string of the molecule is COc1ccc(C2=CN3C(=O)c4cc(OC)c(OCCCOc5cc6c(cc5OC)C(=O)N5C=C(c7ccc(NC(=O)C(C)NC(=O)C(N)C(C)C)cc7)C[C@H]5C=N6)cc4N=C[C@@H]3C2)cc1F. The monoisotopic (exact) mass is 913 g/mol. The quantitative estimate of drug-likeness (QED) is 0.0979. The van der Waals surface area contributed by atoms with Gasteiger partial charge in [0.15, 0.2) is 34.6 Å². The molecule has 4 aromatic carbocycles. The molecule has 8 rings (SSSR count). The van der Waals surface area contributed by atoms with E-state index in [1.54, 1.807) is 83.9 Å². The second kappa shape index (κ2) is 19.5. The lowest BCUT2D eigenvalue weighted by atomic mass is 10.0. The van der Waals surface area contributed by atoms with Crippen molar-refractivity contribution in [1.82, 2.24) is 15.1 Å². The number of carbonyl (C=O) groups is 4. The maximum Gasteiger partial charge on any atom is 0.260 e. The van der Waals surface area contributed by atoms with Gasteiger partial charge in [0.25, 0.3) is 11.8 Å². The Hall–Kier alpha value is -7.53. The molecule has 4 heterocycles. The molecule has 0 saturated carbocycles. The molecule has 0 saturated heterocycles. The van der Waals surface area contributed by atoms with Gasteiger partial charge in [-0.2, -0.15) is 0 Å². The lowest BCUT2D eigenvalue weighted by Gasteiger charge is -2.19. The van der Waals surface area contributed by atoms with Crippen molar-refractivity contribution in [2.45, 2.75) is 64.2 Å². The molecule has 4 aliphatic rings. The summed E-state index contributed by atoms with van der Waals surface area (Å²) in [4.78, 5) is 65.5. The van der Waals surface area contributed by atoms with E-state index < -0.39 is 17.9 Å². The molecule has 16 nitrogen and oxygen atoms in total. The van der Waals surface area contributed by atoms with Gasteiger partial charge in [-0.15, -0.1) is 0 Å². The fraction of sp³-hybridized carbons (Fsp3) is 0.320. The number of aliphatic imine (C=N–C) groups is 2. The Balaban J connectivity index is 0.864. The molecule has 0 aromatic heterocycles. The molecule has 0 bridgehead atoms. The van der Waals surface area contributed by atoms with Crippen LogP contribution in [0, 0.1) is 11.7 Å². The molecule has 0 spiro atoms. The first-order valence-corrected chi connectivity index (χ1v) is 21.9. The standard InChI is InChI=1S/C50H52FN7O9/c1-27(2)46(52)48(60)55-28(3)47(59)56-33-11-8-29(9-12-33)31-16-34-23-53-39-21-44(42(64-5)19-36(39)49(61)57(34)25-31)66-14-7-15-67-45-22-40-37(20-43(45)65-6)50(62)58-26-32(17-35(58)24-54-40)30-10-13-41(63-4)38(51)18-30/h8-13,18-28,34-35,46H,7,14-17,52H2,1-6H3,(H,55,60)(H,56,59)/t28?,34-,35-,46?/m0/s1. The zero-order valence-electron chi connectivity index (χ0n) is 38.0. The van der Waals surface area contributed by atoms with Crippen molar-refractivity contribution < 1.29 is 47.3 Å². The van der Waals surface area contributed by atoms with Crippen LogP contribution in [0.25, 0.3) is 11.1 Å². The number of nitrogens with two attached hydrogens (primary N) is 1. The maximum atomic E-state index is 14.5. The summed E-state index contributed by atoms with van der Waals surface area (Å²) in [6, 6.07) is 16.5. The molecule has 17 heteroatoms. The van der Waals surface area contributed by atoms with Crippen LogP contribution < -0.4 is 40.1 Å². The Morgan fingerprint density at radius 3 is 1.70 bits per heavy atom. The molecule has 4 N–H and O–H groups in total. The van der Waals surface area contributed by atoms with E-state index >= 15 is 0 Å². The van der Waals surface area contributed by atoms with Crippen LogP contribution in [0.2, 0.25) is 0 Å². The number of anilines is 1. The number of ether oxygens (including phenoxy) is 5. The molecule has 4 atom stereocenters. The van der Waals surface area contributed by atoms with Crippen LogP contribution in [0.5, 0.6) is 28.7 Å². The van der Waals surface area contributed by atoms with Gasteiger partial charge in [-0.25, -0.2) is 4.39 Å². The summed E-state index contributed by atoms with van der Waals surface area (Å²) in [5, 5.41) is 5.48. The minimum Gasteiger partial charge on any atom is -0.494 e. The van der Waals surface area contributed by atoms with E-state index in [0.717, 1.165) is 16.7 Å². The average molecular weight is 914 g/mol. The highest BCUT2D eigenvalue weighted by atomic mass is 19.1. The highest BCUT2D eigenvalue weighted by Crippen LogP contribution is 2.42. The third kappa shape index (κ3) is 9.59. The van der Waals surface area contributed by atoms with Crippen molar-refractivity contribution in [3.63, 3.8) is 0 Å². The third-order valence-corrected chi connectivity index (χ3v) is 12.1. The highest BCUT2D eigenvalue weighted by Gasteiger charge is 2.35. The molecule has 348 valence electrons. The van der Waals surface area contributed by atoms with Gasteiger partial charge in [0.1, 0.15) is 6.04 Å². The Kier molecular flexibility index (Phi) is 13.4. The largest absolute Gasteiger partial charge is 0.494 e. The maximum absolute atomic E-state index is 14.5. The number of hydrogen-bond acceptors (Lipinski definition) is 12. The summed E-state index contributed by atoms with van der Waals surface area (Å²) in [5.74, 6) is -0.112. The van der Waals surface area contributed by atoms with Gasteiger partial charge in [0.05, 0.1) is 75.2 Å². The van der Waals surface area contributed by atoms with Crippen LogP contribution in [0.3, 0.4) is 0 Å². The van der Waals surface area contributed by atoms with Crippen LogP contribution in [0.1, 0.15) is 71.9 Å². The van der Waals surface area contributed by atoms with Crippen LogP contribution in [0.15, 0.2) is 89.1 Å². The summed E-state index contributed by atoms with van der Waals surface area (Å²) in [6.07, 6.45) is 8.47. The number of amides is 4. The molecular formula is C50H52FN7O9. The number of methoxy groups -OCH3 is 3. The van der Waals surface area contributed by atoms with Crippen molar-refractivity contribution >= 4 is 64.3 Å². The Labute approximate surface area is 387 Å². The normalized spacial score (nSPS) is 17.8. The minimum atomic E-state index is -0.783. The second-order valence-electron chi connectivity index (χ2n) is 16.8. The molecule has 2 unspecified atom stereocenters.